The fourth-order valence-corrected chi connectivity index (χ4v) is 3.33. The van der Waals surface area contributed by atoms with Gasteiger partial charge in [-0.1, -0.05) is 34.1 Å². The van der Waals surface area contributed by atoms with Gasteiger partial charge in [0.15, 0.2) is 6.23 Å². The molecule has 5 heteroatoms. The molecule has 112 valence electrons. The van der Waals surface area contributed by atoms with E-state index >= 15 is 0 Å². The van der Waals surface area contributed by atoms with E-state index in [9.17, 15) is 5.26 Å². The first-order valence-corrected chi connectivity index (χ1v) is 7.91. The SMILES string of the molecule is N#CC1=C(c2c[nH]c3ccc(Br)cc23)c2ccccc2O[C@H]1N. The van der Waals surface area contributed by atoms with Gasteiger partial charge in [-0.15, -0.1) is 0 Å². The fraction of sp³-hybridized carbons (Fsp3) is 0.0556. The second kappa shape index (κ2) is 5.27. The molecule has 0 amide bonds. The lowest BCUT2D eigenvalue weighted by Gasteiger charge is -2.25. The van der Waals surface area contributed by atoms with Crippen molar-refractivity contribution < 1.29 is 4.74 Å². The number of H-pyrrole nitrogens is 1. The van der Waals surface area contributed by atoms with E-state index in [1.807, 2.05) is 48.7 Å². The van der Waals surface area contributed by atoms with E-state index in [4.69, 9.17) is 10.5 Å². The Morgan fingerprint density at radius 2 is 2.00 bits per heavy atom. The molecular formula is C18H12BrN3O. The minimum atomic E-state index is -0.762. The number of nitrogens with one attached hydrogen (secondary N) is 1. The molecule has 0 bridgehead atoms. The van der Waals surface area contributed by atoms with Gasteiger partial charge in [-0.25, -0.2) is 0 Å². The minimum Gasteiger partial charge on any atom is -0.470 e. The highest BCUT2D eigenvalue weighted by atomic mass is 79.9. The normalized spacial score (nSPS) is 16.8. The number of nitrogens with zero attached hydrogens (tertiary/aromatic N) is 1. The van der Waals surface area contributed by atoms with Crippen LogP contribution < -0.4 is 10.5 Å². The molecule has 2 aromatic carbocycles. The zero-order valence-corrected chi connectivity index (χ0v) is 13.6. The minimum absolute atomic E-state index is 0.435. The largest absolute Gasteiger partial charge is 0.470 e. The molecule has 4 nitrogen and oxygen atoms in total. The van der Waals surface area contributed by atoms with Crippen LogP contribution in [0.25, 0.3) is 16.5 Å². The highest BCUT2D eigenvalue weighted by Crippen LogP contribution is 2.41. The van der Waals surface area contributed by atoms with Gasteiger partial charge in [0.2, 0.25) is 0 Å². The van der Waals surface area contributed by atoms with Crippen molar-refractivity contribution in [2.24, 2.45) is 5.73 Å². The van der Waals surface area contributed by atoms with Crippen molar-refractivity contribution in [1.29, 1.82) is 5.26 Å². The van der Waals surface area contributed by atoms with Gasteiger partial charge < -0.3 is 9.72 Å². The summed E-state index contributed by atoms with van der Waals surface area (Å²) in [5.74, 6) is 0.693. The molecule has 2 heterocycles. The summed E-state index contributed by atoms with van der Waals surface area (Å²) in [5, 5.41) is 10.6. The molecular weight excluding hydrogens is 354 g/mol. The van der Waals surface area contributed by atoms with E-state index < -0.39 is 6.23 Å². The number of rotatable bonds is 1. The van der Waals surface area contributed by atoms with Crippen LogP contribution in [0, 0.1) is 11.3 Å². The van der Waals surface area contributed by atoms with Crippen LogP contribution in [-0.4, -0.2) is 11.2 Å². The summed E-state index contributed by atoms with van der Waals surface area (Å²) < 4.78 is 6.66. The van der Waals surface area contributed by atoms with Crippen LogP contribution in [-0.2, 0) is 0 Å². The molecule has 1 aromatic heterocycles. The summed E-state index contributed by atoms with van der Waals surface area (Å²) in [5.41, 5.74) is 10.1. The van der Waals surface area contributed by atoms with Crippen molar-refractivity contribution in [2.45, 2.75) is 6.23 Å². The van der Waals surface area contributed by atoms with Crippen LogP contribution in [0.5, 0.6) is 5.75 Å². The topological polar surface area (TPSA) is 74.8 Å². The monoisotopic (exact) mass is 365 g/mol. The molecule has 4 rings (SSSR count). The van der Waals surface area contributed by atoms with Crippen LogP contribution in [0.2, 0.25) is 0 Å². The van der Waals surface area contributed by atoms with Crippen molar-refractivity contribution in [1.82, 2.24) is 4.98 Å². The maximum absolute atomic E-state index is 9.60. The second-order valence-electron chi connectivity index (χ2n) is 5.33. The number of hydrogen-bond donors (Lipinski definition) is 2. The molecule has 0 saturated carbocycles. The molecule has 23 heavy (non-hydrogen) atoms. The summed E-state index contributed by atoms with van der Waals surface area (Å²) >= 11 is 3.51. The van der Waals surface area contributed by atoms with E-state index in [0.29, 0.717) is 11.3 Å². The Balaban J connectivity index is 2.07. The van der Waals surface area contributed by atoms with Gasteiger partial charge in [0.25, 0.3) is 0 Å². The number of aromatic amines is 1. The Morgan fingerprint density at radius 1 is 1.17 bits per heavy atom. The van der Waals surface area contributed by atoms with E-state index in [1.54, 1.807) is 0 Å². The number of halogens is 1. The molecule has 3 aromatic rings. The summed E-state index contributed by atoms with van der Waals surface area (Å²) in [4.78, 5) is 3.26. The summed E-state index contributed by atoms with van der Waals surface area (Å²) in [6, 6.07) is 15.9. The summed E-state index contributed by atoms with van der Waals surface area (Å²) in [7, 11) is 0. The molecule has 0 aliphatic carbocycles. The predicted octanol–water partition coefficient (Wildman–Crippen LogP) is 3.93. The molecule has 1 aliphatic rings. The first-order valence-electron chi connectivity index (χ1n) is 7.12. The number of benzene rings is 2. The molecule has 0 fully saturated rings. The van der Waals surface area contributed by atoms with E-state index in [-0.39, 0.29) is 0 Å². The lowest BCUT2D eigenvalue weighted by molar-refractivity contribution is 0.245. The lowest BCUT2D eigenvalue weighted by atomic mass is 9.90. The second-order valence-corrected chi connectivity index (χ2v) is 6.24. The number of ether oxygens (including phenoxy) is 1. The third-order valence-electron chi connectivity index (χ3n) is 4.00. The van der Waals surface area contributed by atoms with Gasteiger partial charge in [-0.3, -0.25) is 5.73 Å². The zero-order chi connectivity index (χ0) is 16.0. The van der Waals surface area contributed by atoms with Crippen molar-refractivity contribution in [3.63, 3.8) is 0 Å². The Morgan fingerprint density at radius 3 is 2.83 bits per heavy atom. The number of nitrogens with two attached hydrogens (primary N) is 1. The summed E-state index contributed by atoms with van der Waals surface area (Å²) in [6.07, 6.45) is 1.15. The predicted molar refractivity (Wildman–Crippen MR) is 92.7 cm³/mol. The molecule has 0 spiro atoms. The highest BCUT2D eigenvalue weighted by Gasteiger charge is 2.28. The number of nitriles is 1. The van der Waals surface area contributed by atoms with Crippen LogP contribution in [0.4, 0.5) is 0 Å². The molecule has 1 aliphatic heterocycles. The Labute approximate surface area is 141 Å². The Kier molecular flexibility index (Phi) is 3.22. The number of fused-ring (bicyclic) bond motifs is 2. The summed E-state index contributed by atoms with van der Waals surface area (Å²) in [6.45, 7) is 0. The average molecular weight is 366 g/mol. The number of hydrogen-bond acceptors (Lipinski definition) is 3. The van der Waals surface area contributed by atoms with Gasteiger partial charge in [0, 0.05) is 38.3 Å². The maximum Gasteiger partial charge on any atom is 0.184 e. The van der Waals surface area contributed by atoms with Gasteiger partial charge in [0.1, 0.15) is 11.8 Å². The quantitative estimate of drug-likeness (QED) is 0.685. The van der Waals surface area contributed by atoms with Gasteiger partial charge in [-0.2, -0.15) is 5.26 Å². The van der Waals surface area contributed by atoms with E-state index in [0.717, 1.165) is 32.1 Å². The molecule has 0 unspecified atom stereocenters. The van der Waals surface area contributed by atoms with Crippen LogP contribution in [0.1, 0.15) is 11.1 Å². The van der Waals surface area contributed by atoms with Crippen molar-refractivity contribution >= 4 is 32.4 Å². The molecule has 0 saturated heterocycles. The first kappa shape index (κ1) is 14.1. The average Bonchev–Trinajstić information content (AvgIpc) is 2.96. The van der Waals surface area contributed by atoms with E-state index in [1.165, 1.54) is 0 Å². The molecule has 1 atom stereocenters. The van der Waals surface area contributed by atoms with Crippen molar-refractivity contribution in [3.05, 3.63) is 69.8 Å². The fourth-order valence-electron chi connectivity index (χ4n) is 2.97. The third kappa shape index (κ3) is 2.15. The highest BCUT2D eigenvalue weighted by molar-refractivity contribution is 9.10. The number of aromatic nitrogens is 1. The Bertz CT molecular complexity index is 997. The smallest absolute Gasteiger partial charge is 0.184 e. The molecule has 0 radical (unpaired) electrons. The van der Waals surface area contributed by atoms with Crippen LogP contribution in [0.15, 0.2) is 58.7 Å². The van der Waals surface area contributed by atoms with Gasteiger partial charge in [0.05, 0.1) is 5.57 Å². The van der Waals surface area contributed by atoms with Gasteiger partial charge in [-0.05, 0) is 24.3 Å². The standard InChI is InChI=1S/C18H12BrN3O/c19-10-5-6-15-12(7-10)14(9-22-15)17-11-3-1-2-4-16(11)23-18(21)13(17)8-20/h1-7,9,18,22H,21H2/t18-/m1/s1. The van der Waals surface area contributed by atoms with Crippen LogP contribution >= 0.6 is 15.9 Å². The number of para-hydroxylation sites is 1. The first-order chi connectivity index (χ1) is 11.2. The van der Waals surface area contributed by atoms with Crippen LogP contribution in [0.3, 0.4) is 0 Å². The van der Waals surface area contributed by atoms with E-state index in [2.05, 4.69) is 27.0 Å². The zero-order valence-electron chi connectivity index (χ0n) is 12.0. The Hall–Kier alpha value is -2.55. The van der Waals surface area contributed by atoms with Crippen molar-refractivity contribution in [3.8, 4) is 11.8 Å². The third-order valence-corrected chi connectivity index (χ3v) is 4.49. The van der Waals surface area contributed by atoms with Gasteiger partial charge >= 0.3 is 0 Å². The molecule has 3 N–H and O–H groups in total. The lowest BCUT2D eigenvalue weighted by Crippen LogP contribution is -2.32. The van der Waals surface area contributed by atoms with Crippen molar-refractivity contribution in [2.75, 3.05) is 0 Å². The maximum atomic E-state index is 9.60.